The molecule has 1 nitrogen and oxygen atoms in total. The minimum absolute atomic E-state index is 0.812. The van der Waals surface area contributed by atoms with Crippen molar-refractivity contribution < 1.29 is 0 Å². The standard InChI is InChI=1S/C17H25N/c1-2-18-17(14-8-9-14)11-10-15-12-16(15)13-6-4-3-5-7-13/h3-7,14-18H,2,8-12H2,1H3. The van der Waals surface area contributed by atoms with E-state index in [1.807, 2.05) is 0 Å². The SMILES string of the molecule is CCNC(CCC1CC1c1ccccc1)C1CC1. The van der Waals surface area contributed by atoms with Crippen LogP contribution in [0.25, 0.3) is 0 Å². The summed E-state index contributed by atoms with van der Waals surface area (Å²) in [4.78, 5) is 0. The van der Waals surface area contributed by atoms with Gasteiger partial charge in [0.05, 0.1) is 0 Å². The molecule has 1 aromatic rings. The predicted molar refractivity (Wildman–Crippen MR) is 76.7 cm³/mol. The Morgan fingerprint density at radius 3 is 2.67 bits per heavy atom. The Labute approximate surface area is 111 Å². The zero-order valence-corrected chi connectivity index (χ0v) is 11.4. The third-order valence-electron chi connectivity index (χ3n) is 4.66. The molecule has 2 saturated carbocycles. The van der Waals surface area contributed by atoms with Crippen molar-refractivity contribution >= 4 is 0 Å². The molecule has 0 amide bonds. The van der Waals surface area contributed by atoms with Crippen molar-refractivity contribution in [3.8, 4) is 0 Å². The Balaban J connectivity index is 1.45. The van der Waals surface area contributed by atoms with Gasteiger partial charge in [0.2, 0.25) is 0 Å². The largest absolute Gasteiger partial charge is 0.314 e. The molecule has 0 radical (unpaired) electrons. The molecule has 2 aliphatic carbocycles. The fourth-order valence-corrected chi connectivity index (χ4v) is 3.33. The molecule has 0 aliphatic heterocycles. The van der Waals surface area contributed by atoms with E-state index in [4.69, 9.17) is 0 Å². The Bertz CT molecular complexity index is 368. The average Bonchev–Trinajstić information content (AvgIpc) is 3.29. The van der Waals surface area contributed by atoms with Crippen molar-refractivity contribution in [2.24, 2.45) is 11.8 Å². The molecule has 98 valence electrons. The van der Waals surface area contributed by atoms with E-state index in [0.29, 0.717) is 0 Å². The van der Waals surface area contributed by atoms with Gasteiger partial charge in [-0.25, -0.2) is 0 Å². The summed E-state index contributed by atoms with van der Waals surface area (Å²) < 4.78 is 0. The molecule has 18 heavy (non-hydrogen) atoms. The van der Waals surface area contributed by atoms with Gasteiger partial charge in [0.15, 0.2) is 0 Å². The highest BCUT2D eigenvalue weighted by Crippen LogP contribution is 2.50. The highest BCUT2D eigenvalue weighted by molar-refractivity contribution is 5.25. The summed E-state index contributed by atoms with van der Waals surface area (Å²) in [5.74, 6) is 2.83. The minimum atomic E-state index is 0.812. The van der Waals surface area contributed by atoms with Gasteiger partial charge >= 0.3 is 0 Å². The van der Waals surface area contributed by atoms with Crippen LogP contribution in [-0.2, 0) is 0 Å². The average molecular weight is 243 g/mol. The first kappa shape index (κ1) is 12.2. The van der Waals surface area contributed by atoms with Crippen molar-refractivity contribution in [3.05, 3.63) is 35.9 Å². The van der Waals surface area contributed by atoms with Gasteiger partial charge in [0, 0.05) is 6.04 Å². The Kier molecular flexibility index (Phi) is 3.69. The van der Waals surface area contributed by atoms with E-state index in [9.17, 15) is 0 Å². The summed E-state index contributed by atoms with van der Waals surface area (Å²) in [5, 5.41) is 3.68. The van der Waals surface area contributed by atoms with Crippen LogP contribution >= 0.6 is 0 Å². The maximum atomic E-state index is 3.68. The van der Waals surface area contributed by atoms with Crippen molar-refractivity contribution in [1.82, 2.24) is 5.32 Å². The van der Waals surface area contributed by atoms with Crippen LogP contribution in [0, 0.1) is 11.8 Å². The number of hydrogen-bond acceptors (Lipinski definition) is 1. The summed E-state index contributed by atoms with van der Waals surface area (Å²) in [7, 11) is 0. The number of benzene rings is 1. The lowest BCUT2D eigenvalue weighted by molar-refractivity contribution is 0.422. The molecule has 1 aromatic carbocycles. The van der Waals surface area contributed by atoms with E-state index in [0.717, 1.165) is 30.3 Å². The Morgan fingerprint density at radius 2 is 2.00 bits per heavy atom. The monoisotopic (exact) mass is 243 g/mol. The minimum Gasteiger partial charge on any atom is -0.314 e. The molecule has 2 aliphatic rings. The molecular weight excluding hydrogens is 218 g/mol. The van der Waals surface area contributed by atoms with Crippen LogP contribution in [0.4, 0.5) is 0 Å². The number of nitrogens with one attached hydrogen (secondary N) is 1. The summed E-state index contributed by atoms with van der Waals surface area (Å²) in [5.41, 5.74) is 1.56. The molecular formula is C17H25N. The molecule has 0 aromatic heterocycles. The van der Waals surface area contributed by atoms with Crippen molar-refractivity contribution in [2.75, 3.05) is 6.54 Å². The van der Waals surface area contributed by atoms with Gasteiger partial charge in [-0.3, -0.25) is 0 Å². The van der Waals surface area contributed by atoms with E-state index in [1.54, 1.807) is 5.56 Å². The highest BCUT2D eigenvalue weighted by atomic mass is 14.9. The third-order valence-corrected chi connectivity index (χ3v) is 4.66. The molecule has 3 atom stereocenters. The molecule has 2 fully saturated rings. The van der Waals surface area contributed by atoms with Crippen LogP contribution in [-0.4, -0.2) is 12.6 Å². The van der Waals surface area contributed by atoms with E-state index in [2.05, 4.69) is 42.6 Å². The fourth-order valence-electron chi connectivity index (χ4n) is 3.33. The lowest BCUT2D eigenvalue weighted by Gasteiger charge is -2.16. The van der Waals surface area contributed by atoms with Crippen molar-refractivity contribution in [1.29, 1.82) is 0 Å². The zero-order valence-electron chi connectivity index (χ0n) is 11.4. The summed E-state index contributed by atoms with van der Waals surface area (Å²) >= 11 is 0. The van der Waals surface area contributed by atoms with Gasteiger partial charge in [0.25, 0.3) is 0 Å². The smallest absolute Gasteiger partial charge is 0.00953 e. The van der Waals surface area contributed by atoms with Crippen LogP contribution in [0.2, 0.25) is 0 Å². The third kappa shape index (κ3) is 2.95. The molecule has 0 spiro atoms. The Hall–Kier alpha value is -0.820. The number of rotatable bonds is 7. The van der Waals surface area contributed by atoms with E-state index in [-0.39, 0.29) is 0 Å². The molecule has 1 N–H and O–H groups in total. The fraction of sp³-hybridized carbons (Fsp3) is 0.647. The van der Waals surface area contributed by atoms with Gasteiger partial charge < -0.3 is 5.32 Å². The van der Waals surface area contributed by atoms with Crippen LogP contribution in [0.15, 0.2) is 30.3 Å². The van der Waals surface area contributed by atoms with E-state index in [1.165, 1.54) is 32.1 Å². The maximum Gasteiger partial charge on any atom is 0.00953 e. The second-order valence-corrected chi connectivity index (χ2v) is 6.09. The van der Waals surface area contributed by atoms with Crippen LogP contribution in [0.1, 0.15) is 50.5 Å². The van der Waals surface area contributed by atoms with Crippen molar-refractivity contribution in [3.63, 3.8) is 0 Å². The van der Waals surface area contributed by atoms with Crippen molar-refractivity contribution in [2.45, 2.75) is 51.0 Å². The van der Waals surface area contributed by atoms with E-state index < -0.39 is 0 Å². The summed E-state index contributed by atoms with van der Waals surface area (Å²) in [6, 6.07) is 11.9. The van der Waals surface area contributed by atoms with Gasteiger partial charge in [-0.1, -0.05) is 37.3 Å². The van der Waals surface area contributed by atoms with Gasteiger partial charge in [0.1, 0.15) is 0 Å². The predicted octanol–water partition coefficient (Wildman–Crippen LogP) is 3.96. The first-order valence-corrected chi connectivity index (χ1v) is 7.66. The normalized spacial score (nSPS) is 28.1. The summed E-state index contributed by atoms with van der Waals surface area (Å²) in [6.45, 7) is 3.37. The van der Waals surface area contributed by atoms with E-state index >= 15 is 0 Å². The molecule has 3 rings (SSSR count). The number of hydrogen-bond donors (Lipinski definition) is 1. The Morgan fingerprint density at radius 1 is 1.22 bits per heavy atom. The lowest BCUT2D eigenvalue weighted by atomic mass is 10.0. The maximum absolute atomic E-state index is 3.68. The summed E-state index contributed by atoms with van der Waals surface area (Å²) in [6.07, 6.45) is 7.17. The van der Waals surface area contributed by atoms with Gasteiger partial charge in [-0.15, -0.1) is 0 Å². The molecule has 0 heterocycles. The molecule has 0 bridgehead atoms. The van der Waals surface area contributed by atoms with Crippen LogP contribution < -0.4 is 5.32 Å². The quantitative estimate of drug-likeness (QED) is 0.764. The topological polar surface area (TPSA) is 12.0 Å². The second kappa shape index (κ2) is 5.44. The second-order valence-electron chi connectivity index (χ2n) is 6.09. The first-order chi connectivity index (χ1) is 8.88. The molecule has 3 unspecified atom stereocenters. The first-order valence-electron chi connectivity index (χ1n) is 7.66. The van der Waals surface area contributed by atoms with Gasteiger partial charge in [-0.05, 0) is 62.0 Å². The van der Waals surface area contributed by atoms with Gasteiger partial charge in [-0.2, -0.15) is 0 Å². The highest BCUT2D eigenvalue weighted by Gasteiger charge is 2.39. The molecule has 0 saturated heterocycles. The zero-order chi connectivity index (χ0) is 12.4. The van der Waals surface area contributed by atoms with Crippen LogP contribution in [0.3, 0.4) is 0 Å². The lowest BCUT2D eigenvalue weighted by Crippen LogP contribution is -2.30. The molecule has 1 heteroatoms. The van der Waals surface area contributed by atoms with Crippen LogP contribution in [0.5, 0.6) is 0 Å².